The first kappa shape index (κ1) is 13.1. The fourth-order valence-electron chi connectivity index (χ4n) is 1.60. The molecule has 0 aromatic carbocycles. The highest BCUT2D eigenvalue weighted by molar-refractivity contribution is 7.92. The first-order chi connectivity index (χ1) is 8.37. The van der Waals surface area contributed by atoms with Crippen LogP contribution in [0.1, 0.15) is 22.9 Å². The van der Waals surface area contributed by atoms with Crippen LogP contribution in [0.25, 0.3) is 0 Å². The van der Waals surface area contributed by atoms with Gasteiger partial charge in [0.2, 0.25) is 14.2 Å². The lowest BCUT2D eigenvalue weighted by molar-refractivity contribution is 0.593. The molecule has 0 aliphatic carbocycles. The zero-order valence-corrected chi connectivity index (χ0v) is 12.0. The second-order valence-corrected chi connectivity index (χ2v) is 7.08. The second-order valence-electron chi connectivity index (χ2n) is 4.06. The summed E-state index contributed by atoms with van der Waals surface area (Å²) in [5, 5.41) is 1.73. The van der Waals surface area contributed by atoms with Crippen LogP contribution in [0.4, 0.5) is 0 Å². The molecule has 96 valence electrons. The topological polar surface area (TPSA) is 72.8 Å². The standard InChI is InChI=1S/C11H13N3O2S2/c1-7-4-10(14-9(3)12-7)6-18(15,16)11-13-8(2)5-17-11/h4-5H,6H2,1-3H3. The van der Waals surface area contributed by atoms with Gasteiger partial charge < -0.3 is 0 Å². The lowest BCUT2D eigenvalue weighted by Gasteiger charge is -2.03. The first-order valence-corrected chi connectivity index (χ1v) is 7.86. The van der Waals surface area contributed by atoms with Crippen molar-refractivity contribution in [1.82, 2.24) is 15.0 Å². The Balaban J connectivity index is 2.33. The molecule has 0 aliphatic heterocycles. The van der Waals surface area contributed by atoms with E-state index in [0.717, 1.165) is 17.0 Å². The number of hydrogen-bond acceptors (Lipinski definition) is 6. The Morgan fingerprint density at radius 2 is 1.83 bits per heavy atom. The van der Waals surface area contributed by atoms with Crippen molar-refractivity contribution >= 4 is 21.2 Å². The predicted molar refractivity (Wildman–Crippen MR) is 69.2 cm³/mol. The fourth-order valence-corrected chi connectivity index (χ4v) is 3.97. The summed E-state index contributed by atoms with van der Waals surface area (Å²) in [4.78, 5) is 12.3. The summed E-state index contributed by atoms with van der Waals surface area (Å²) in [6.07, 6.45) is 0. The van der Waals surface area contributed by atoms with Crippen LogP contribution in [-0.4, -0.2) is 23.4 Å². The maximum absolute atomic E-state index is 12.1. The second kappa shape index (κ2) is 4.74. The van der Waals surface area contributed by atoms with E-state index in [2.05, 4.69) is 15.0 Å². The summed E-state index contributed by atoms with van der Waals surface area (Å²) < 4.78 is 24.4. The monoisotopic (exact) mass is 283 g/mol. The molecule has 5 nitrogen and oxygen atoms in total. The third-order valence-corrected chi connectivity index (χ3v) is 5.32. The molecule has 2 aromatic heterocycles. The molecular formula is C11H13N3O2S2. The summed E-state index contributed by atoms with van der Waals surface area (Å²) >= 11 is 1.14. The third kappa shape index (κ3) is 2.91. The largest absolute Gasteiger partial charge is 0.239 e. The average molecular weight is 283 g/mol. The van der Waals surface area contributed by atoms with Crippen molar-refractivity contribution in [2.45, 2.75) is 30.9 Å². The molecule has 2 aromatic rings. The minimum atomic E-state index is -3.41. The molecule has 0 saturated carbocycles. The highest BCUT2D eigenvalue weighted by Crippen LogP contribution is 2.19. The van der Waals surface area contributed by atoms with Gasteiger partial charge in [-0.15, -0.1) is 11.3 Å². The van der Waals surface area contributed by atoms with Crippen molar-refractivity contribution in [3.63, 3.8) is 0 Å². The molecule has 0 N–H and O–H groups in total. The van der Waals surface area contributed by atoms with Crippen molar-refractivity contribution in [2.24, 2.45) is 0 Å². The van der Waals surface area contributed by atoms with E-state index < -0.39 is 9.84 Å². The summed E-state index contributed by atoms with van der Waals surface area (Å²) in [5.74, 6) is 0.444. The van der Waals surface area contributed by atoms with Crippen LogP contribution in [0.2, 0.25) is 0 Å². The lowest BCUT2D eigenvalue weighted by Crippen LogP contribution is -2.08. The van der Waals surface area contributed by atoms with E-state index in [1.165, 1.54) is 0 Å². The minimum absolute atomic E-state index is 0.135. The van der Waals surface area contributed by atoms with Gasteiger partial charge in [0, 0.05) is 16.8 Å². The van der Waals surface area contributed by atoms with E-state index in [0.29, 0.717) is 17.2 Å². The Labute approximate surface area is 110 Å². The van der Waals surface area contributed by atoms with Crippen molar-refractivity contribution in [3.8, 4) is 0 Å². The lowest BCUT2D eigenvalue weighted by atomic mass is 10.3. The maximum Gasteiger partial charge on any atom is 0.211 e. The van der Waals surface area contributed by atoms with Gasteiger partial charge in [-0.2, -0.15) is 0 Å². The van der Waals surface area contributed by atoms with Gasteiger partial charge in [0.05, 0.1) is 11.4 Å². The van der Waals surface area contributed by atoms with Crippen LogP contribution in [0.15, 0.2) is 15.8 Å². The van der Waals surface area contributed by atoms with Crippen molar-refractivity contribution in [2.75, 3.05) is 0 Å². The van der Waals surface area contributed by atoms with Crippen LogP contribution < -0.4 is 0 Å². The summed E-state index contributed by atoms with van der Waals surface area (Å²) in [5.41, 5.74) is 1.99. The number of aromatic nitrogens is 3. The maximum atomic E-state index is 12.1. The summed E-state index contributed by atoms with van der Waals surface area (Å²) in [7, 11) is -3.41. The summed E-state index contributed by atoms with van der Waals surface area (Å²) in [6.45, 7) is 5.34. The molecule has 0 aliphatic rings. The van der Waals surface area contributed by atoms with Gasteiger partial charge in [0.25, 0.3) is 0 Å². The van der Waals surface area contributed by atoms with Gasteiger partial charge in [-0.25, -0.2) is 23.4 Å². The Morgan fingerprint density at radius 3 is 2.39 bits per heavy atom. The Kier molecular flexibility index (Phi) is 3.45. The van der Waals surface area contributed by atoms with Crippen LogP contribution >= 0.6 is 11.3 Å². The van der Waals surface area contributed by atoms with Crippen LogP contribution in [0.3, 0.4) is 0 Å². The number of nitrogens with zero attached hydrogens (tertiary/aromatic N) is 3. The number of hydrogen-bond donors (Lipinski definition) is 0. The van der Waals surface area contributed by atoms with Gasteiger partial charge in [-0.05, 0) is 26.8 Å². The van der Waals surface area contributed by atoms with E-state index in [1.807, 2.05) is 6.92 Å². The molecule has 0 saturated heterocycles. The smallest absolute Gasteiger partial charge is 0.211 e. The van der Waals surface area contributed by atoms with Gasteiger partial charge in [-0.1, -0.05) is 0 Å². The zero-order chi connectivity index (χ0) is 13.3. The molecular weight excluding hydrogens is 270 g/mol. The van der Waals surface area contributed by atoms with E-state index in [1.54, 1.807) is 25.3 Å². The van der Waals surface area contributed by atoms with Crippen molar-refractivity contribution in [3.05, 3.63) is 34.4 Å². The molecule has 0 bridgehead atoms. The van der Waals surface area contributed by atoms with Crippen molar-refractivity contribution in [1.29, 1.82) is 0 Å². The number of aryl methyl sites for hydroxylation is 3. The zero-order valence-electron chi connectivity index (χ0n) is 10.3. The fraction of sp³-hybridized carbons (Fsp3) is 0.364. The Bertz CT molecular complexity index is 657. The minimum Gasteiger partial charge on any atom is -0.239 e. The molecule has 18 heavy (non-hydrogen) atoms. The molecule has 7 heteroatoms. The molecule has 2 heterocycles. The van der Waals surface area contributed by atoms with E-state index in [4.69, 9.17) is 0 Å². The molecule has 0 amide bonds. The van der Waals surface area contributed by atoms with Crippen LogP contribution in [0.5, 0.6) is 0 Å². The van der Waals surface area contributed by atoms with Crippen molar-refractivity contribution < 1.29 is 8.42 Å². The summed E-state index contributed by atoms with van der Waals surface area (Å²) in [6, 6.07) is 1.69. The number of sulfone groups is 1. The molecule has 0 fully saturated rings. The SMILES string of the molecule is Cc1cc(CS(=O)(=O)c2nc(C)cs2)nc(C)n1. The Hall–Kier alpha value is -1.34. The van der Waals surface area contributed by atoms with Gasteiger partial charge in [-0.3, -0.25) is 0 Å². The van der Waals surface area contributed by atoms with E-state index in [9.17, 15) is 8.42 Å². The number of rotatable bonds is 3. The van der Waals surface area contributed by atoms with Crippen LogP contribution in [-0.2, 0) is 15.6 Å². The molecule has 0 radical (unpaired) electrons. The quantitative estimate of drug-likeness (QED) is 0.859. The third-order valence-electron chi connectivity index (χ3n) is 2.22. The van der Waals surface area contributed by atoms with Gasteiger partial charge in [0.1, 0.15) is 5.82 Å². The highest BCUT2D eigenvalue weighted by Gasteiger charge is 2.20. The Morgan fingerprint density at radius 1 is 1.11 bits per heavy atom. The first-order valence-electron chi connectivity index (χ1n) is 5.33. The van der Waals surface area contributed by atoms with Crippen LogP contribution in [0, 0.1) is 20.8 Å². The normalized spacial score (nSPS) is 11.7. The molecule has 2 rings (SSSR count). The molecule has 0 atom stereocenters. The van der Waals surface area contributed by atoms with Gasteiger partial charge >= 0.3 is 0 Å². The van der Waals surface area contributed by atoms with Gasteiger partial charge in [0.15, 0.2) is 0 Å². The molecule has 0 unspecified atom stereocenters. The predicted octanol–water partition coefficient (Wildman–Crippen LogP) is 1.83. The van der Waals surface area contributed by atoms with E-state index >= 15 is 0 Å². The molecule has 0 spiro atoms. The average Bonchev–Trinajstić information content (AvgIpc) is 2.62. The highest BCUT2D eigenvalue weighted by atomic mass is 32.2. The van der Waals surface area contributed by atoms with E-state index in [-0.39, 0.29) is 10.1 Å². The number of thiazole rings is 1.